The molecule has 0 atom stereocenters. The number of alkyl carbamates (subject to hydrolysis) is 1. The van der Waals surface area contributed by atoms with E-state index >= 15 is 0 Å². The molecule has 0 aromatic carbocycles. The summed E-state index contributed by atoms with van der Waals surface area (Å²) in [7, 11) is 0. The van der Waals surface area contributed by atoms with Crippen LogP contribution in [0.1, 0.15) is 92.9 Å². The molecule has 0 aromatic heterocycles. The van der Waals surface area contributed by atoms with Crippen molar-refractivity contribution in [3.05, 3.63) is 0 Å². The Hall–Kier alpha value is -1.30. The lowest BCUT2D eigenvalue weighted by Crippen LogP contribution is -2.38. The molecular formula is C22H44N2O4. The highest BCUT2D eigenvalue weighted by molar-refractivity contribution is 5.69. The molecule has 0 aliphatic heterocycles. The molecule has 0 heterocycles. The molecule has 0 spiro atoms. The molecule has 0 bridgehead atoms. The van der Waals surface area contributed by atoms with Crippen LogP contribution in [0.4, 0.5) is 4.79 Å². The van der Waals surface area contributed by atoms with Gasteiger partial charge in [-0.1, -0.05) is 40.0 Å². The lowest BCUT2D eigenvalue weighted by molar-refractivity contribution is -0.143. The van der Waals surface area contributed by atoms with Gasteiger partial charge < -0.3 is 20.1 Å². The van der Waals surface area contributed by atoms with Crippen LogP contribution in [0.3, 0.4) is 0 Å². The Kier molecular flexibility index (Phi) is 14.0. The molecule has 6 heteroatoms. The van der Waals surface area contributed by atoms with E-state index in [-0.39, 0.29) is 23.0 Å². The van der Waals surface area contributed by atoms with Gasteiger partial charge in [-0.2, -0.15) is 0 Å². The van der Waals surface area contributed by atoms with Crippen LogP contribution in [0.2, 0.25) is 0 Å². The average molecular weight is 401 g/mol. The SMILES string of the molecule is CC(C)(C)CCCOC(=O)NCCCCCCCC(=O)OCCNC(C)(C)C. The molecule has 0 fully saturated rings. The van der Waals surface area contributed by atoms with Crippen LogP contribution in [0.25, 0.3) is 0 Å². The molecule has 1 amide bonds. The first kappa shape index (κ1) is 26.7. The fourth-order valence-electron chi connectivity index (χ4n) is 2.60. The fourth-order valence-corrected chi connectivity index (χ4v) is 2.60. The van der Waals surface area contributed by atoms with Gasteiger partial charge >= 0.3 is 12.1 Å². The number of amides is 1. The van der Waals surface area contributed by atoms with Gasteiger partial charge in [-0.05, 0) is 51.9 Å². The van der Waals surface area contributed by atoms with Gasteiger partial charge in [0.05, 0.1) is 6.61 Å². The number of hydrogen-bond acceptors (Lipinski definition) is 5. The molecule has 0 radical (unpaired) electrons. The second-order valence-electron chi connectivity index (χ2n) is 9.64. The predicted molar refractivity (Wildman–Crippen MR) is 114 cm³/mol. The third kappa shape index (κ3) is 21.0. The van der Waals surface area contributed by atoms with Crippen molar-refractivity contribution in [1.29, 1.82) is 0 Å². The summed E-state index contributed by atoms with van der Waals surface area (Å²) in [5, 5.41) is 6.07. The second-order valence-corrected chi connectivity index (χ2v) is 9.64. The molecule has 28 heavy (non-hydrogen) atoms. The van der Waals surface area contributed by atoms with Gasteiger partial charge in [0.25, 0.3) is 0 Å². The van der Waals surface area contributed by atoms with Crippen LogP contribution >= 0.6 is 0 Å². The van der Waals surface area contributed by atoms with Crippen molar-refractivity contribution in [2.45, 2.75) is 98.4 Å². The van der Waals surface area contributed by atoms with Gasteiger partial charge in [0.15, 0.2) is 0 Å². The Morgan fingerprint density at radius 1 is 0.750 bits per heavy atom. The lowest BCUT2D eigenvalue weighted by atomic mass is 9.91. The van der Waals surface area contributed by atoms with E-state index in [2.05, 4.69) is 52.2 Å². The monoisotopic (exact) mass is 400 g/mol. The summed E-state index contributed by atoms with van der Waals surface area (Å²) >= 11 is 0. The lowest BCUT2D eigenvalue weighted by Gasteiger charge is -2.20. The van der Waals surface area contributed by atoms with Crippen molar-refractivity contribution in [3.63, 3.8) is 0 Å². The molecular weight excluding hydrogens is 356 g/mol. The van der Waals surface area contributed by atoms with Crippen LogP contribution < -0.4 is 10.6 Å². The number of carbonyl (C=O) groups excluding carboxylic acids is 2. The van der Waals surface area contributed by atoms with Gasteiger partial charge in [-0.15, -0.1) is 0 Å². The molecule has 0 aliphatic rings. The molecule has 0 aromatic rings. The Balaban J connectivity index is 3.38. The number of nitrogens with one attached hydrogen (secondary N) is 2. The Bertz CT molecular complexity index is 385. The molecule has 0 unspecified atom stereocenters. The van der Waals surface area contributed by atoms with Gasteiger partial charge in [-0.25, -0.2) is 4.79 Å². The van der Waals surface area contributed by atoms with Gasteiger partial charge in [0, 0.05) is 25.0 Å². The summed E-state index contributed by atoms with van der Waals surface area (Å²) < 4.78 is 10.4. The number of unbranched alkanes of at least 4 members (excludes halogenated alkanes) is 4. The number of carbonyl (C=O) groups is 2. The Morgan fingerprint density at radius 2 is 1.39 bits per heavy atom. The summed E-state index contributed by atoms with van der Waals surface area (Å²) in [4.78, 5) is 23.2. The van der Waals surface area contributed by atoms with Crippen molar-refractivity contribution in [2.75, 3.05) is 26.3 Å². The molecule has 0 aliphatic carbocycles. The maximum absolute atomic E-state index is 11.6. The van der Waals surface area contributed by atoms with Crippen molar-refractivity contribution < 1.29 is 19.1 Å². The first-order valence-electron chi connectivity index (χ1n) is 10.8. The van der Waals surface area contributed by atoms with Crippen molar-refractivity contribution in [1.82, 2.24) is 10.6 Å². The second kappa shape index (κ2) is 14.7. The van der Waals surface area contributed by atoms with E-state index in [1.807, 2.05) is 0 Å². The van der Waals surface area contributed by atoms with Crippen LogP contribution in [0.5, 0.6) is 0 Å². The fraction of sp³-hybridized carbons (Fsp3) is 0.909. The third-order valence-corrected chi connectivity index (χ3v) is 4.15. The van der Waals surface area contributed by atoms with Crippen LogP contribution in [-0.2, 0) is 14.3 Å². The summed E-state index contributed by atoms with van der Waals surface area (Å²) in [5.74, 6) is -0.119. The average Bonchev–Trinajstić information content (AvgIpc) is 2.56. The normalized spacial score (nSPS) is 11.9. The molecule has 2 N–H and O–H groups in total. The number of esters is 1. The zero-order valence-corrected chi connectivity index (χ0v) is 19.1. The van der Waals surface area contributed by atoms with Crippen LogP contribution in [0.15, 0.2) is 0 Å². The minimum Gasteiger partial charge on any atom is -0.464 e. The van der Waals surface area contributed by atoms with E-state index in [4.69, 9.17) is 9.47 Å². The summed E-state index contributed by atoms with van der Waals surface area (Å²) in [6.45, 7) is 15.0. The first-order chi connectivity index (χ1) is 13.0. The largest absolute Gasteiger partial charge is 0.464 e. The predicted octanol–water partition coefficient (Wildman–Crippen LogP) is 4.81. The third-order valence-electron chi connectivity index (χ3n) is 4.15. The standard InChI is InChI=1S/C22H44N2O4/c1-21(2,3)14-12-17-28-20(26)23-15-11-9-7-8-10-13-19(25)27-18-16-24-22(4,5)6/h24H,7-18H2,1-6H3,(H,23,26). The smallest absolute Gasteiger partial charge is 0.407 e. The maximum Gasteiger partial charge on any atom is 0.407 e. The molecule has 6 nitrogen and oxygen atoms in total. The van der Waals surface area contributed by atoms with E-state index in [9.17, 15) is 9.59 Å². The zero-order valence-electron chi connectivity index (χ0n) is 19.1. The van der Waals surface area contributed by atoms with Gasteiger partial charge in [-0.3, -0.25) is 4.79 Å². The van der Waals surface area contributed by atoms with Crippen molar-refractivity contribution in [3.8, 4) is 0 Å². The van der Waals surface area contributed by atoms with Gasteiger partial charge in [0.1, 0.15) is 6.61 Å². The quantitative estimate of drug-likeness (QED) is 0.323. The maximum atomic E-state index is 11.6. The van der Waals surface area contributed by atoms with E-state index in [0.717, 1.165) is 44.9 Å². The van der Waals surface area contributed by atoms with Crippen LogP contribution in [-0.4, -0.2) is 43.9 Å². The number of rotatable bonds is 14. The first-order valence-corrected chi connectivity index (χ1v) is 10.8. The van der Waals surface area contributed by atoms with E-state index in [1.54, 1.807) is 0 Å². The Morgan fingerprint density at radius 3 is 2.04 bits per heavy atom. The molecule has 0 rings (SSSR count). The molecule has 0 saturated carbocycles. The summed E-state index contributed by atoms with van der Waals surface area (Å²) in [5.41, 5.74) is 0.324. The minimum atomic E-state index is -0.322. The van der Waals surface area contributed by atoms with E-state index in [0.29, 0.717) is 32.7 Å². The van der Waals surface area contributed by atoms with E-state index in [1.165, 1.54) is 0 Å². The number of hydrogen-bond donors (Lipinski definition) is 2. The highest BCUT2D eigenvalue weighted by Crippen LogP contribution is 2.20. The van der Waals surface area contributed by atoms with Crippen LogP contribution in [0, 0.1) is 5.41 Å². The molecule has 166 valence electrons. The Labute approximate surface area is 172 Å². The zero-order chi connectivity index (χ0) is 21.5. The molecule has 0 saturated heterocycles. The minimum absolute atomic E-state index is 0.0459. The summed E-state index contributed by atoms with van der Waals surface area (Å²) in [6, 6.07) is 0. The van der Waals surface area contributed by atoms with Gasteiger partial charge in [0.2, 0.25) is 0 Å². The van der Waals surface area contributed by atoms with Crippen molar-refractivity contribution >= 4 is 12.1 Å². The highest BCUT2D eigenvalue weighted by atomic mass is 16.5. The van der Waals surface area contributed by atoms with E-state index < -0.39 is 0 Å². The van der Waals surface area contributed by atoms with Crippen molar-refractivity contribution in [2.24, 2.45) is 5.41 Å². The number of ether oxygens (including phenoxy) is 2. The topological polar surface area (TPSA) is 76.7 Å². The summed E-state index contributed by atoms with van der Waals surface area (Å²) in [6.07, 6.45) is 6.98. The highest BCUT2D eigenvalue weighted by Gasteiger charge is 2.10.